The monoisotopic (exact) mass is 459 g/mol. The smallest absolute Gasteiger partial charge is 0.250 e. The number of hydrogen-bond acceptors (Lipinski definition) is 6. The zero-order chi connectivity index (χ0) is 21.4. The molecule has 9 heteroatoms. The summed E-state index contributed by atoms with van der Waals surface area (Å²) in [5, 5.41) is 5.96. The van der Waals surface area contributed by atoms with Crippen LogP contribution in [0.4, 0.5) is 4.39 Å². The van der Waals surface area contributed by atoms with Crippen LogP contribution in [0.15, 0.2) is 57.3 Å². The van der Waals surface area contributed by atoms with Crippen LogP contribution in [0.2, 0.25) is 0 Å². The van der Waals surface area contributed by atoms with Gasteiger partial charge < -0.3 is 9.42 Å². The van der Waals surface area contributed by atoms with Gasteiger partial charge in [0.15, 0.2) is 5.58 Å². The highest BCUT2D eigenvalue weighted by Crippen LogP contribution is 2.30. The number of fused-ring (bicyclic) bond motifs is 2. The van der Waals surface area contributed by atoms with Crippen LogP contribution >= 0.6 is 11.3 Å². The Morgan fingerprint density at radius 3 is 3.00 bits per heavy atom. The minimum atomic E-state index is -3.63. The van der Waals surface area contributed by atoms with Crippen molar-refractivity contribution < 1.29 is 17.3 Å². The Balaban J connectivity index is 1.16. The number of likely N-dealkylation sites (tertiary alicyclic amines) is 1. The summed E-state index contributed by atoms with van der Waals surface area (Å²) in [4.78, 5) is 2.27. The Labute approximate surface area is 183 Å². The molecular formula is C22H22FN3O3S2. The molecule has 162 valence electrons. The van der Waals surface area contributed by atoms with E-state index in [9.17, 15) is 12.8 Å². The first-order chi connectivity index (χ1) is 15.0. The van der Waals surface area contributed by atoms with Gasteiger partial charge in [0.2, 0.25) is 10.0 Å². The Kier molecular flexibility index (Phi) is 5.51. The standard InChI is InChI=1S/C22H22FN3O3S2/c23-16-8-7-15-12-22(30-21(15)13-16)31(27,28)25-17-9-11-26(14-17)10-3-5-19-18-4-1-2-6-20(18)29-24-19/h1-2,4,6-8,12-13,17,25H,3,5,9-11,14H2/t17-/m1/s1. The summed E-state index contributed by atoms with van der Waals surface area (Å²) in [6.07, 6.45) is 2.52. The number of para-hydroxylation sites is 1. The number of thiophene rings is 1. The number of nitrogens with one attached hydrogen (secondary N) is 1. The topological polar surface area (TPSA) is 75.4 Å². The maximum Gasteiger partial charge on any atom is 0.250 e. The van der Waals surface area contributed by atoms with Gasteiger partial charge >= 0.3 is 0 Å². The molecule has 1 aliphatic rings. The first-order valence-electron chi connectivity index (χ1n) is 10.2. The van der Waals surface area contributed by atoms with Crippen LogP contribution in [0, 0.1) is 5.82 Å². The molecule has 0 amide bonds. The molecule has 0 bridgehead atoms. The molecule has 2 aromatic heterocycles. The fourth-order valence-electron chi connectivity index (χ4n) is 4.11. The molecule has 5 rings (SSSR count). The molecule has 31 heavy (non-hydrogen) atoms. The average Bonchev–Trinajstić information content (AvgIpc) is 3.46. The van der Waals surface area contributed by atoms with Crippen molar-refractivity contribution in [2.45, 2.75) is 29.5 Å². The first-order valence-corrected chi connectivity index (χ1v) is 12.5. The number of aromatic nitrogens is 1. The maximum absolute atomic E-state index is 13.4. The highest BCUT2D eigenvalue weighted by atomic mass is 32.2. The molecule has 1 aliphatic heterocycles. The van der Waals surface area contributed by atoms with Gasteiger partial charge in [-0.3, -0.25) is 0 Å². The summed E-state index contributed by atoms with van der Waals surface area (Å²) in [6.45, 7) is 2.41. The molecule has 2 aromatic carbocycles. The van der Waals surface area contributed by atoms with Crippen molar-refractivity contribution in [3.8, 4) is 0 Å². The largest absolute Gasteiger partial charge is 0.356 e. The van der Waals surface area contributed by atoms with E-state index in [0.29, 0.717) is 11.2 Å². The van der Waals surface area contributed by atoms with Gasteiger partial charge in [0.25, 0.3) is 0 Å². The Morgan fingerprint density at radius 2 is 2.10 bits per heavy atom. The van der Waals surface area contributed by atoms with Crippen LogP contribution in [0.5, 0.6) is 0 Å². The highest BCUT2D eigenvalue weighted by Gasteiger charge is 2.28. The van der Waals surface area contributed by atoms with Crippen LogP contribution in [0.25, 0.3) is 21.1 Å². The maximum atomic E-state index is 13.4. The molecule has 4 aromatic rings. The lowest BCUT2D eigenvalue weighted by atomic mass is 10.1. The number of sulfonamides is 1. The molecule has 6 nitrogen and oxygen atoms in total. The number of halogens is 1. The molecule has 1 N–H and O–H groups in total. The van der Waals surface area contributed by atoms with Crippen LogP contribution in [0.1, 0.15) is 18.5 Å². The molecule has 0 aliphatic carbocycles. The Hall–Kier alpha value is -2.33. The van der Waals surface area contributed by atoms with E-state index >= 15 is 0 Å². The normalized spacial score (nSPS) is 17.8. The van der Waals surface area contributed by atoms with Gasteiger partial charge in [-0.05, 0) is 68.1 Å². The van der Waals surface area contributed by atoms with E-state index in [2.05, 4.69) is 14.8 Å². The predicted molar refractivity (Wildman–Crippen MR) is 119 cm³/mol. The number of aryl methyl sites for hydroxylation is 1. The van der Waals surface area contributed by atoms with E-state index in [-0.39, 0.29) is 16.1 Å². The van der Waals surface area contributed by atoms with Crippen molar-refractivity contribution in [3.05, 3.63) is 60.0 Å². The fraction of sp³-hybridized carbons (Fsp3) is 0.318. The minimum Gasteiger partial charge on any atom is -0.356 e. The lowest BCUT2D eigenvalue weighted by molar-refractivity contribution is 0.326. The lowest BCUT2D eigenvalue weighted by Crippen LogP contribution is -2.36. The third-order valence-corrected chi connectivity index (χ3v) is 8.75. The number of rotatable bonds is 7. The second-order valence-electron chi connectivity index (χ2n) is 7.88. The molecule has 0 saturated carbocycles. The van der Waals surface area contributed by atoms with Crippen molar-refractivity contribution in [2.24, 2.45) is 0 Å². The average molecular weight is 460 g/mol. The van der Waals surface area contributed by atoms with Gasteiger partial charge in [0.05, 0.1) is 5.69 Å². The van der Waals surface area contributed by atoms with Crippen molar-refractivity contribution in [2.75, 3.05) is 19.6 Å². The van der Waals surface area contributed by atoms with E-state index < -0.39 is 10.0 Å². The highest BCUT2D eigenvalue weighted by molar-refractivity contribution is 7.91. The number of nitrogens with zero attached hydrogens (tertiary/aromatic N) is 2. The third kappa shape index (κ3) is 4.36. The summed E-state index contributed by atoms with van der Waals surface area (Å²) < 4.78 is 48.1. The molecule has 1 saturated heterocycles. The molecule has 0 radical (unpaired) electrons. The summed E-state index contributed by atoms with van der Waals surface area (Å²) in [5.74, 6) is -0.365. The minimum absolute atomic E-state index is 0.125. The quantitative estimate of drug-likeness (QED) is 0.449. The van der Waals surface area contributed by atoms with E-state index in [1.165, 1.54) is 12.1 Å². The van der Waals surface area contributed by atoms with Gasteiger partial charge in [-0.15, -0.1) is 11.3 Å². The zero-order valence-corrected chi connectivity index (χ0v) is 18.4. The van der Waals surface area contributed by atoms with Crippen LogP contribution < -0.4 is 4.72 Å². The Bertz CT molecular complexity index is 1330. The van der Waals surface area contributed by atoms with Gasteiger partial charge in [-0.1, -0.05) is 23.4 Å². The van der Waals surface area contributed by atoms with Crippen molar-refractivity contribution in [1.82, 2.24) is 14.8 Å². The van der Waals surface area contributed by atoms with E-state index in [4.69, 9.17) is 4.52 Å². The van der Waals surface area contributed by atoms with Crippen LogP contribution in [-0.2, 0) is 16.4 Å². The molecule has 1 fully saturated rings. The second kappa shape index (κ2) is 8.31. The van der Waals surface area contributed by atoms with Crippen LogP contribution in [0.3, 0.4) is 0 Å². The van der Waals surface area contributed by atoms with E-state index in [1.807, 2.05) is 24.3 Å². The molecule has 1 atom stereocenters. The van der Waals surface area contributed by atoms with Crippen LogP contribution in [-0.4, -0.2) is 44.2 Å². The third-order valence-electron chi connectivity index (χ3n) is 5.66. The molecule has 0 unspecified atom stereocenters. The number of benzene rings is 2. The SMILES string of the molecule is O=S(=O)(N[C@@H]1CCN(CCCc2noc3ccccc23)C1)c1cc2ccc(F)cc2s1. The summed E-state index contributed by atoms with van der Waals surface area (Å²) in [5.41, 5.74) is 1.77. The number of hydrogen-bond donors (Lipinski definition) is 1. The van der Waals surface area contributed by atoms with E-state index in [1.54, 1.807) is 12.1 Å². The first kappa shape index (κ1) is 20.6. The fourth-order valence-corrected chi connectivity index (χ4v) is 6.81. The summed E-state index contributed by atoms with van der Waals surface area (Å²) in [7, 11) is -3.63. The van der Waals surface area contributed by atoms with Crippen molar-refractivity contribution >= 4 is 42.4 Å². The molecule has 3 heterocycles. The zero-order valence-electron chi connectivity index (χ0n) is 16.8. The van der Waals surface area contributed by atoms with Gasteiger partial charge in [-0.25, -0.2) is 17.5 Å². The van der Waals surface area contributed by atoms with Gasteiger partial charge in [0, 0.05) is 22.7 Å². The van der Waals surface area contributed by atoms with Gasteiger partial charge in [-0.2, -0.15) is 0 Å². The molecular weight excluding hydrogens is 437 g/mol. The second-order valence-corrected chi connectivity index (χ2v) is 10.9. The summed E-state index contributed by atoms with van der Waals surface area (Å²) >= 11 is 1.10. The lowest BCUT2D eigenvalue weighted by Gasteiger charge is -2.16. The summed E-state index contributed by atoms with van der Waals surface area (Å²) in [6, 6.07) is 13.6. The van der Waals surface area contributed by atoms with Crippen molar-refractivity contribution in [3.63, 3.8) is 0 Å². The van der Waals surface area contributed by atoms with E-state index in [0.717, 1.165) is 65.7 Å². The Morgan fingerprint density at radius 1 is 1.23 bits per heavy atom. The molecule has 0 spiro atoms. The predicted octanol–water partition coefficient (Wildman–Crippen LogP) is 4.17. The van der Waals surface area contributed by atoms with Gasteiger partial charge in [0.1, 0.15) is 10.0 Å². The van der Waals surface area contributed by atoms with Crippen molar-refractivity contribution in [1.29, 1.82) is 0 Å².